The molecule has 0 bridgehead atoms. The van der Waals surface area contributed by atoms with Crippen molar-refractivity contribution < 1.29 is 9.53 Å². The van der Waals surface area contributed by atoms with Crippen molar-refractivity contribution in [3.05, 3.63) is 0 Å². The standard InChI is InChI=1S/C10H19IO2/c1-3-5-6-7-8-9(11)10(12)13-4-2/h9H,3-8H2,1-2H3. The lowest BCUT2D eigenvalue weighted by molar-refractivity contribution is -0.142. The van der Waals surface area contributed by atoms with Crippen molar-refractivity contribution in [1.29, 1.82) is 0 Å². The Morgan fingerprint density at radius 1 is 1.31 bits per heavy atom. The van der Waals surface area contributed by atoms with Crippen LogP contribution in [0.25, 0.3) is 0 Å². The monoisotopic (exact) mass is 298 g/mol. The molecule has 0 heterocycles. The van der Waals surface area contributed by atoms with Crippen LogP contribution in [0.15, 0.2) is 0 Å². The van der Waals surface area contributed by atoms with E-state index in [-0.39, 0.29) is 9.89 Å². The largest absolute Gasteiger partial charge is 0.465 e. The van der Waals surface area contributed by atoms with Crippen molar-refractivity contribution in [2.45, 2.75) is 49.9 Å². The highest BCUT2D eigenvalue weighted by Crippen LogP contribution is 2.13. The number of hydrogen-bond donors (Lipinski definition) is 0. The molecule has 0 saturated carbocycles. The van der Waals surface area contributed by atoms with E-state index in [4.69, 9.17) is 4.74 Å². The molecule has 0 radical (unpaired) electrons. The molecule has 1 atom stereocenters. The minimum atomic E-state index is -0.0559. The van der Waals surface area contributed by atoms with Gasteiger partial charge in [0, 0.05) is 0 Å². The second kappa shape index (κ2) is 8.78. The number of alkyl halides is 1. The molecule has 0 spiro atoms. The van der Waals surface area contributed by atoms with Gasteiger partial charge in [-0.2, -0.15) is 0 Å². The van der Waals surface area contributed by atoms with Crippen molar-refractivity contribution in [2.75, 3.05) is 6.61 Å². The minimum Gasteiger partial charge on any atom is -0.465 e. The number of hydrogen-bond acceptors (Lipinski definition) is 2. The quantitative estimate of drug-likeness (QED) is 0.312. The molecule has 0 aliphatic rings. The van der Waals surface area contributed by atoms with E-state index in [9.17, 15) is 4.79 Å². The number of unbranched alkanes of at least 4 members (excludes halogenated alkanes) is 3. The van der Waals surface area contributed by atoms with E-state index in [1.807, 2.05) is 6.92 Å². The first-order valence-electron chi connectivity index (χ1n) is 5.03. The summed E-state index contributed by atoms with van der Waals surface area (Å²) >= 11 is 2.17. The van der Waals surface area contributed by atoms with Crippen LogP contribution >= 0.6 is 22.6 Å². The van der Waals surface area contributed by atoms with E-state index in [0.717, 1.165) is 12.8 Å². The lowest BCUT2D eigenvalue weighted by atomic mass is 10.1. The van der Waals surface area contributed by atoms with Gasteiger partial charge in [-0.05, 0) is 13.3 Å². The number of carbonyl (C=O) groups excluding carboxylic acids is 1. The second-order valence-electron chi connectivity index (χ2n) is 3.07. The molecule has 0 aliphatic heterocycles. The van der Waals surface area contributed by atoms with Crippen LogP contribution in [0.4, 0.5) is 0 Å². The molecule has 0 aromatic heterocycles. The van der Waals surface area contributed by atoms with Crippen molar-refractivity contribution >= 4 is 28.6 Å². The van der Waals surface area contributed by atoms with Gasteiger partial charge in [-0.1, -0.05) is 55.2 Å². The summed E-state index contributed by atoms with van der Waals surface area (Å²) in [4.78, 5) is 11.2. The normalized spacial score (nSPS) is 12.5. The van der Waals surface area contributed by atoms with Crippen molar-refractivity contribution in [1.82, 2.24) is 0 Å². The third-order valence-electron chi connectivity index (χ3n) is 1.85. The summed E-state index contributed by atoms with van der Waals surface area (Å²) in [5.74, 6) is -0.0559. The summed E-state index contributed by atoms with van der Waals surface area (Å²) < 4.78 is 4.96. The fourth-order valence-corrected chi connectivity index (χ4v) is 1.72. The summed E-state index contributed by atoms with van der Waals surface area (Å²) in [5, 5.41) is 0. The molecule has 0 amide bonds. The number of halogens is 1. The van der Waals surface area contributed by atoms with Gasteiger partial charge < -0.3 is 4.74 Å². The Kier molecular flexibility index (Phi) is 8.92. The highest BCUT2D eigenvalue weighted by molar-refractivity contribution is 14.1. The molecule has 0 fully saturated rings. The molecular formula is C10H19IO2. The second-order valence-corrected chi connectivity index (χ2v) is 4.57. The summed E-state index contributed by atoms with van der Waals surface area (Å²) in [7, 11) is 0. The molecule has 0 N–H and O–H groups in total. The number of esters is 1. The first kappa shape index (κ1) is 13.2. The SMILES string of the molecule is CCCCCCC(I)C(=O)OCC. The first-order chi connectivity index (χ1) is 6.22. The van der Waals surface area contributed by atoms with Gasteiger partial charge in [0.25, 0.3) is 0 Å². The number of carbonyl (C=O) groups is 1. The van der Waals surface area contributed by atoms with Gasteiger partial charge in [0.15, 0.2) is 0 Å². The van der Waals surface area contributed by atoms with E-state index in [1.54, 1.807) is 0 Å². The fourth-order valence-electron chi connectivity index (χ4n) is 1.10. The van der Waals surface area contributed by atoms with Crippen LogP contribution in [0.2, 0.25) is 0 Å². The maximum atomic E-state index is 11.2. The molecule has 1 unspecified atom stereocenters. The third-order valence-corrected chi connectivity index (χ3v) is 2.98. The lowest BCUT2D eigenvalue weighted by Gasteiger charge is -2.07. The summed E-state index contributed by atoms with van der Waals surface area (Å²) in [6.45, 7) is 4.53. The first-order valence-corrected chi connectivity index (χ1v) is 6.27. The Balaban J connectivity index is 3.38. The minimum absolute atomic E-state index is 0.0504. The maximum absolute atomic E-state index is 11.2. The zero-order chi connectivity index (χ0) is 10.1. The maximum Gasteiger partial charge on any atom is 0.318 e. The molecule has 0 rings (SSSR count). The smallest absolute Gasteiger partial charge is 0.318 e. The predicted molar refractivity (Wildman–Crippen MR) is 63.2 cm³/mol. The predicted octanol–water partition coefficient (Wildman–Crippen LogP) is 3.32. The van der Waals surface area contributed by atoms with E-state index in [1.165, 1.54) is 19.3 Å². The van der Waals surface area contributed by atoms with Crippen molar-refractivity contribution in [3.8, 4) is 0 Å². The van der Waals surface area contributed by atoms with Crippen molar-refractivity contribution in [3.63, 3.8) is 0 Å². The Bertz CT molecular complexity index is 137. The van der Waals surface area contributed by atoms with Gasteiger partial charge in [0.2, 0.25) is 0 Å². The average Bonchev–Trinajstić information content (AvgIpc) is 2.12. The van der Waals surface area contributed by atoms with Gasteiger partial charge >= 0.3 is 5.97 Å². The average molecular weight is 298 g/mol. The number of ether oxygens (including phenoxy) is 1. The van der Waals surface area contributed by atoms with Gasteiger partial charge in [0.05, 0.1) is 6.61 Å². The Labute approximate surface area is 94.6 Å². The number of rotatable bonds is 7. The molecule has 3 heteroatoms. The van der Waals surface area contributed by atoms with E-state index < -0.39 is 0 Å². The highest BCUT2D eigenvalue weighted by atomic mass is 127. The third kappa shape index (κ3) is 7.28. The Morgan fingerprint density at radius 3 is 2.54 bits per heavy atom. The van der Waals surface area contributed by atoms with Crippen LogP contribution < -0.4 is 0 Å². The zero-order valence-electron chi connectivity index (χ0n) is 8.51. The Morgan fingerprint density at radius 2 is 2.00 bits per heavy atom. The van der Waals surface area contributed by atoms with Gasteiger partial charge in [-0.3, -0.25) is 4.79 Å². The highest BCUT2D eigenvalue weighted by Gasteiger charge is 2.14. The van der Waals surface area contributed by atoms with E-state index >= 15 is 0 Å². The molecule has 2 nitrogen and oxygen atoms in total. The van der Waals surface area contributed by atoms with Crippen LogP contribution in [0.5, 0.6) is 0 Å². The summed E-state index contributed by atoms with van der Waals surface area (Å²) in [5.41, 5.74) is 0. The molecule has 0 aromatic rings. The summed E-state index contributed by atoms with van der Waals surface area (Å²) in [6, 6.07) is 0. The van der Waals surface area contributed by atoms with Crippen LogP contribution in [0.3, 0.4) is 0 Å². The van der Waals surface area contributed by atoms with Gasteiger partial charge in [0.1, 0.15) is 3.92 Å². The van der Waals surface area contributed by atoms with Crippen LogP contribution in [-0.2, 0) is 9.53 Å². The molecule has 0 aliphatic carbocycles. The lowest BCUT2D eigenvalue weighted by Crippen LogP contribution is -2.16. The molecule has 78 valence electrons. The molecule has 0 aromatic carbocycles. The topological polar surface area (TPSA) is 26.3 Å². The van der Waals surface area contributed by atoms with Gasteiger partial charge in [-0.15, -0.1) is 0 Å². The summed E-state index contributed by atoms with van der Waals surface area (Å²) in [6.07, 6.45) is 5.84. The van der Waals surface area contributed by atoms with Gasteiger partial charge in [-0.25, -0.2) is 0 Å². The Hall–Kier alpha value is 0.200. The fraction of sp³-hybridized carbons (Fsp3) is 0.900. The van der Waals surface area contributed by atoms with Crippen molar-refractivity contribution in [2.24, 2.45) is 0 Å². The molecular weight excluding hydrogens is 279 g/mol. The molecule has 0 saturated heterocycles. The van der Waals surface area contributed by atoms with Crippen LogP contribution in [-0.4, -0.2) is 16.5 Å². The van der Waals surface area contributed by atoms with Crippen LogP contribution in [0.1, 0.15) is 46.0 Å². The van der Waals surface area contributed by atoms with E-state index in [0.29, 0.717) is 6.61 Å². The van der Waals surface area contributed by atoms with E-state index in [2.05, 4.69) is 29.5 Å². The molecule has 13 heavy (non-hydrogen) atoms. The zero-order valence-corrected chi connectivity index (χ0v) is 10.7. The van der Waals surface area contributed by atoms with Crippen LogP contribution in [0, 0.1) is 0 Å².